The van der Waals surface area contributed by atoms with Gasteiger partial charge in [0.15, 0.2) is 5.82 Å². The summed E-state index contributed by atoms with van der Waals surface area (Å²) in [5.74, 6) is 0.923. The van der Waals surface area contributed by atoms with Gasteiger partial charge in [-0.1, -0.05) is 63.2 Å². The number of aromatic nitrogens is 5. The molecule has 3 amide bonds. The number of nitrogens with two attached hydrogens (primary N) is 1. The number of carbonyl (C=O) groups is 3. The Labute approximate surface area is 483 Å². The number of anilines is 4. The minimum atomic E-state index is -0.940. The van der Waals surface area contributed by atoms with E-state index in [1.165, 1.54) is 4.90 Å². The van der Waals surface area contributed by atoms with Crippen molar-refractivity contribution in [2.45, 2.75) is 122 Å². The fraction of sp³-hybridized carbons (Fsp3) is 0.475. The predicted molar refractivity (Wildman–Crippen MR) is 316 cm³/mol. The first-order chi connectivity index (χ1) is 39.5. The van der Waals surface area contributed by atoms with E-state index in [2.05, 4.69) is 62.5 Å². The monoisotopic (exact) mass is 1130 g/mol. The largest absolute Gasteiger partial charge is 0.507 e. The van der Waals surface area contributed by atoms with Gasteiger partial charge in [-0.15, -0.1) is 21.5 Å². The number of phenolic OH excluding ortho intramolecular Hbond substituents is 1. The number of para-hydroxylation sites is 1. The van der Waals surface area contributed by atoms with Crippen LogP contribution in [0.3, 0.4) is 0 Å². The molecule has 2 unspecified atom stereocenters. The fourth-order valence-corrected chi connectivity index (χ4v) is 13.0. The Morgan fingerprint density at radius 3 is 2.30 bits per heavy atom. The van der Waals surface area contributed by atoms with Crippen molar-refractivity contribution in [1.82, 2.24) is 45.6 Å². The quantitative estimate of drug-likeness (QED) is 0.0646. The van der Waals surface area contributed by atoms with Crippen LogP contribution in [0.15, 0.2) is 96.8 Å². The Bertz CT molecular complexity index is 3200. The van der Waals surface area contributed by atoms with E-state index >= 15 is 0 Å². The van der Waals surface area contributed by atoms with Crippen LogP contribution in [0.25, 0.3) is 21.7 Å². The highest BCUT2D eigenvalue weighted by molar-refractivity contribution is 7.13. The molecule has 21 heteroatoms. The summed E-state index contributed by atoms with van der Waals surface area (Å²) in [6.07, 6.45) is 6.80. The number of hydrogen-bond acceptors (Lipinski definition) is 18. The van der Waals surface area contributed by atoms with Crippen molar-refractivity contribution in [1.29, 1.82) is 0 Å². The summed E-state index contributed by atoms with van der Waals surface area (Å²) in [6, 6.07) is 23.5. The summed E-state index contributed by atoms with van der Waals surface area (Å²) in [4.78, 5) is 67.4. The minimum Gasteiger partial charge on any atom is -0.507 e. The molecule has 1 aliphatic carbocycles. The molecule has 6 aromatic rings. The maximum Gasteiger partial charge on any atom is 0.246 e. The third-order valence-electron chi connectivity index (χ3n) is 16.9. The third-order valence-corrected chi connectivity index (χ3v) is 17.8. The summed E-state index contributed by atoms with van der Waals surface area (Å²) in [5, 5.41) is 35.8. The fourth-order valence-electron chi connectivity index (χ4n) is 12.2. The average molecular weight is 1130 g/mol. The molecule has 4 aromatic heterocycles. The number of nitrogens with zero attached hydrogens (tertiary/aromatic N) is 10. The molecule has 1 saturated carbocycles. The van der Waals surface area contributed by atoms with Crippen LogP contribution in [0.1, 0.15) is 82.7 Å². The normalized spacial score (nSPS) is 22.6. The van der Waals surface area contributed by atoms with Gasteiger partial charge in [0.1, 0.15) is 29.8 Å². The first-order valence-electron chi connectivity index (χ1n) is 28.7. The molecule has 5 aliphatic rings. The molecule has 20 nitrogen and oxygen atoms in total. The molecule has 82 heavy (non-hydrogen) atoms. The average Bonchev–Trinajstić information content (AvgIpc) is 4.25. The van der Waals surface area contributed by atoms with Gasteiger partial charge in [0.2, 0.25) is 23.6 Å². The van der Waals surface area contributed by atoms with Crippen LogP contribution < -0.4 is 35.8 Å². The number of nitrogen functional groups attached to an aromatic ring is 1. The number of ether oxygens (including phenoxy) is 2. The van der Waals surface area contributed by atoms with Gasteiger partial charge in [0, 0.05) is 113 Å². The lowest BCUT2D eigenvalue weighted by molar-refractivity contribution is -0.144. The number of rotatable bonds is 18. The van der Waals surface area contributed by atoms with E-state index in [0.29, 0.717) is 29.6 Å². The van der Waals surface area contributed by atoms with Crippen LogP contribution >= 0.6 is 11.3 Å². The summed E-state index contributed by atoms with van der Waals surface area (Å²) < 4.78 is 12.7. The van der Waals surface area contributed by atoms with Gasteiger partial charge in [-0.2, -0.15) is 0 Å². The van der Waals surface area contributed by atoms with Crippen LogP contribution in [0, 0.1) is 12.3 Å². The number of aryl methyl sites for hydroxylation is 1. The highest BCUT2D eigenvalue weighted by Crippen LogP contribution is 2.40. The molecule has 2 bridgehead atoms. The topological polar surface area (TPSA) is 241 Å². The first-order valence-corrected chi connectivity index (χ1v) is 29.6. The van der Waals surface area contributed by atoms with Crippen molar-refractivity contribution in [2.75, 3.05) is 79.4 Å². The van der Waals surface area contributed by atoms with Gasteiger partial charge >= 0.3 is 0 Å². The Kier molecular flexibility index (Phi) is 16.6. The van der Waals surface area contributed by atoms with Gasteiger partial charge in [-0.3, -0.25) is 19.3 Å². The SMILES string of the molecule is Cc1ncsc1-c1ccc([C@H](C)NC(=O)[C@@H]2C[C@@H](O)CN2C(=O)[C@@H](NC(=O)Cc2ccc(N3CCN(CCOC4CC(Oc5cc(N6C7CCC6CN(c6cc(-c8ccccc8O)nnc6N)C7)ccn5)C4)CC3)nc2)C(C)(C)C)cc1. The number of benzene rings is 2. The molecule has 432 valence electrons. The van der Waals surface area contributed by atoms with E-state index in [-0.39, 0.29) is 67.3 Å². The zero-order valence-electron chi connectivity index (χ0n) is 47.4. The number of carbonyl (C=O) groups excluding carboxylic acids is 3. The smallest absolute Gasteiger partial charge is 0.246 e. The third kappa shape index (κ3) is 12.6. The van der Waals surface area contributed by atoms with E-state index in [1.54, 1.807) is 29.7 Å². The number of aliphatic hydroxyl groups excluding tert-OH is 1. The second-order valence-corrected chi connectivity index (χ2v) is 24.5. The molecule has 4 aliphatic heterocycles. The van der Waals surface area contributed by atoms with Crippen LogP contribution in [0.5, 0.6) is 11.6 Å². The Morgan fingerprint density at radius 2 is 1.61 bits per heavy atom. The number of aromatic hydroxyl groups is 1. The lowest BCUT2D eigenvalue weighted by Gasteiger charge is -2.43. The van der Waals surface area contributed by atoms with Crippen molar-refractivity contribution >= 4 is 52.1 Å². The number of β-amino-alcohol motifs (C(OH)–C–C–N with tert-alkyl or cyclic N) is 1. The van der Waals surface area contributed by atoms with E-state index in [1.807, 2.05) is 101 Å². The zero-order chi connectivity index (χ0) is 57.2. The van der Waals surface area contributed by atoms with Crippen molar-refractivity contribution in [2.24, 2.45) is 5.41 Å². The second-order valence-electron chi connectivity index (χ2n) is 23.7. The van der Waals surface area contributed by atoms with Gasteiger partial charge in [-0.25, -0.2) is 15.0 Å². The molecule has 5 fully saturated rings. The summed E-state index contributed by atoms with van der Waals surface area (Å²) in [7, 11) is 0. The number of fused-ring (bicyclic) bond motifs is 2. The molecular weight excluding hydrogens is 1060 g/mol. The predicted octanol–water partition coefficient (Wildman–Crippen LogP) is 6.17. The van der Waals surface area contributed by atoms with Crippen LogP contribution in [-0.4, -0.2) is 164 Å². The molecule has 0 spiro atoms. The number of pyridine rings is 2. The number of likely N-dealkylation sites (tertiary alicyclic amines) is 1. The lowest BCUT2D eigenvalue weighted by Crippen LogP contribution is -2.58. The summed E-state index contributed by atoms with van der Waals surface area (Å²) in [6.45, 7) is 15.9. The Morgan fingerprint density at radius 1 is 0.854 bits per heavy atom. The lowest BCUT2D eigenvalue weighted by atomic mass is 9.85. The number of amides is 3. The first kappa shape index (κ1) is 56.4. The van der Waals surface area contributed by atoms with Gasteiger partial charge < -0.3 is 55.7 Å². The zero-order valence-corrected chi connectivity index (χ0v) is 48.2. The molecule has 4 saturated heterocycles. The van der Waals surface area contributed by atoms with Gasteiger partial charge in [0.25, 0.3) is 0 Å². The summed E-state index contributed by atoms with van der Waals surface area (Å²) in [5.41, 5.74) is 14.3. The minimum absolute atomic E-state index is 0.00377. The highest BCUT2D eigenvalue weighted by atomic mass is 32.1. The van der Waals surface area contributed by atoms with Crippen molar-refractivity contribution < 1.29 is 34.1 Å². The van der Waals surface area contributed by atoms with Crippen LogP contribution in [0.2, 0.25) is 0 Å². The van der Waals surface area contributed by atoms with Crippen LogP contribution in [-0.2, 0) is 25.5 Å². The van der Waals surface area contributed by atoms with E-state index in [4.69, 9.17) is 20.2 Å². The molecule has 6 N–H and O–H groups in total. The van der Waals surface area contributed by atoms with Crippen molar-refractivity contribution in [3.63, 3.8) is 0 Å². The molecule has 8 heterocycles. The standard InChI is InChI=1S/C61H75N13O7S/c1-37(40-11-13-41(14-12-40)56-38(2)65-36-82-56)66-59(78)51-28-45(75)35-73(51)60(79)57(61(3,4)5)67-54(77)26-39-10-17-53(64-32-39)71-22-20-70(21-23-71)24-25-80-46-29-47(30-46)81-55-27-42(18-19-63-55)74-43-15-16-44(74)34-72(33-43)50-31-49(68-69-58(50)62)48-8-6-7-9-52(48)76/h6-14,17-19,27,31-32,36-37,43-47,51,57,75-76H,15-16,20-26,28-30,33-35H2,1-5H3,(H2,62,69)(H,66,78)(H,67,77)/t37-,43?,44?,45+,46?,47?,51-,57+/m0/s1. The van der Waals surface area contributed by atoms with Gasteiger partial charge in [-0.05, 0) is 79.1 Å². The molecule has 0 radical (unpaired) electrons. The maximum atomic E-state index is 14.3. The Hall–Kier alpha value is -7.46. The van der Waals surface area contributed by atoms with Crippen molar-refractivity contribution in [3.8, 4) is 33.3 Å². The van der Waals surface area contributed by atoms with E-state index < -0.39 is 29.5 Å². The van der Waals surface area contributed by atoms with E-state index in [0.717, 1.165) is 116 Å². The number of aliphatic hydroxyl groups is 1. The number of nitrogens with one attached hydrogen (secondary N) is 2. The highest BCUT2D eigenvalue weighted by Gasteiger charge is 2.45. The number of phenols is 1. The molecule has 6 atom stereocenters. The second kappa shape index (κ2) is 24.2. The summed E-state index contributed by atoms with van der Waals surface area (Å²) >= 11 is 1.58. The molecule has 11 rings (SSSR count). The van der Waals surface area contributed by atoms with Crippen LogP contribution in [0.4, 0.5) is 23.0 Å². The number of thiazole rings is 1. The van der Waals surface area contributed by atoms with E-state index in [9.17, 15) is 24.6 Å². The molecule has 2 aromatic carbocycles. The maximum absolute atomic E-state index is 14.3. The Balaban J connectivity index is 0.591. The molecular formula is C61H75N13O7S. The van der Waals surface area contributed by atoms with Crippen molar-refractivity contribution in [3.05, 3.63) is 114 Å². The number of piperazine rings is 2. The number of hydrogen-bond donors (Lipinski definition) is 5. The van der Waals surface area contributed by atoms with Gasteiger partial charge in [0.05, 0.1) is 58.7 Å².